The molecule has 5 rings (SSSR count). The first-order chi connectivity index (χ1) is 20.5. The van der Waals surface area contributed by atoms with Gasteiger partial charge in [-0.15, -0.1) is 23.2 Å². The molecule has 0 radical (unpaired) electrons. The van der Waals surface area contributed by atoms with E-state index in [0.29, 0.717) is 10.6 Å². The lowest BCUT2D eigenvalue weighted by Gasteiger charge is -2.18. The standard InChI is InChI=1S/C30H19Cl5F5NO3/c31-18-5-3-15(41-27(44)25-24(29(25,34)35)13-1-4-19(32)20(33)9-13)11-16(18)22(42)10-14-2-6-21(36)17(26(14)37)12-23(43)28(7-8-28)30(38,39)40/h1-6,9,11,24-25H,7-8,10,12H2,(H,41,44)/t24-,25+/m0/s1. The second-order valence-corrected chi connectivity index (χ2v) is 13.4. The minimum atomic E-state index is -4.83. The third-order valence-corrected chi connectivity index (χ3v) is 9.96. The van der Waals surface area contributed by atoms with Crippen LogP contribution in [0.4, 0.5) is 27.6 Å². The number of amides is 1. The summed E-state index contributed by atoms with van der Waals surface area (Å²) < 4.78 is 68.3. The molecule has 1 amide bonds. The van der Waals surface area contributed by atoms with Gasteiger partial charge in [0, 0.05) is 35.6 Å². The average Bonchev–Trinajstić information content (AvgIpc) is 3.85. The van der Waals surface area contributed by atoms with Crippen molar-refractivity contribution < 1.29 is 36.3 Å². The van der Waals surface area contributed by atoms with Crippen LogP contribution in [0.5, 0.6) is 0 Å². The van der Waals surface area contributed by atoms with E-state index in [2.05, 4.69) is 5.32 Å². The van der Waals surface area contributed by atoms with Crippen molar-refractivity contribution in [2.75, 3.05) is 5.32 Å². The Morgan fingerprint density at radius 2 is 1.52 bits per heavy atom. The van der Waals surface area contributed by atoms with Gasteiger partial charge in [-0.3, -0.25) is 14.4 Å². The van der Waals surface area contributed by atoms with Crippen LogP contribution in [0.1, 0.15) is 45.8 Å². The highest BCUT2D eigenvalue weighted by Crippen LogP contribution is 2.65. The van der Waals surface area contributed by atoms with Gasteiger partial charge in [0.05, 0.1) is 21.0 Å². The van der Waals surface area contributed by atoms with Crippen molar-refractivity contribution in [2.24, 2.45) is 11.3 Å². The largest absolute Gasteiger partial charge is 0.401 e. The molecule has 0 bridgehead atoms. The number of hydrogen-bond acceptors (Lipinski definition) is 3. The number of ketones is 2. The third kappa shape index (κ3) is 6.06. The van der Waals surface area contributed by atoms with Gasteiger partial charge in [0.2, 0.25) is 5.91 Å². The Bertz CT molecular complexity index is 1710. The number of hydrogen-bond donors (Lipinski definition) is 1. The molecule has 0 aliphatic heterocycles. The van der Waals surface area contributed by atoms with Gasteiger partial charge in [0.1, 0.15) is 21.4 Å². The maximum Gasteiger partial charge on any atom is 0.401 e. The van der Waals surface area contributed by atoms with Crippen molar-refractivity contribution in [3.05, 3.63) is 97.5 Å². The summed E-state index contributed by atoms with van der Waals surface area (Å²) in [5.74, 6) is -6.66. The van der Waals surface area contributed by atoms with Gasteiger partial charge in [0.15, 0.2) is 11.6 Å². The molecular formula is C30H19Cl5F5NO3. The maximum absolute atomic E-state index is 15.3. The minimum absolute atomic E-state index is 0.0455. The fraction of sp³-hybridized carbons (Fsp3) is 0.300. The summed E-state index contributed by atoms with van der Waals surface area (Å²) in [7, 11) is 0. The Labute approximate surface area is 272 Å². The summed E-state index contributed by atoms with van der Waals surface area (Å²) in [6.45, 7) is 0. The lowest BCUT2D eigenvalue weighted by atomic mass is 9.92. The monoisotopic (exact) mass is 711 g/mol. The molecule has 2 atom stereocenters. The Kier molecular flexibility index (Phi) is 8.79. The molecule has 2 aliphatic rings. The number of nitrogens with one attached hydrogen (secondary N) is 1. The zero-order valence-electron chi connectivity index (χ0n) is 22.1. The molecule has 0 aromatic heterocycles. The lowest BCUT2D eigenvalue weighted by Crippen LogP contribution is -2.34. The van der Waals surface area contributed by atoms with E-state index in [4.69, 9.17) is 58.0 Å². The average molecular weight is 714 g/mol. The highest BCUT2D eigenvalue weighted by molar-refractivity contribution is 6.53. The van der Waals surface area contributed by atoms with Crippen molar-refractivity contribution in [2.45, 2.75) is 42.1 Å². The summed E-state index contributed by atoms with van der Waals surface area (Å²) in [5, 5.41) is 3.14. The molecule has 0 saturated heterocycles. The van der Waals surface area contributed by atoms with E-state index >= 15 is 4.39 Å². The molecular weight excluding hydrogens is 695 g/mol. The van der Waals surface area contributed by atoms with Crippen LogP contribution in [-0.2, 0) is 22.4 Å². The predicted octanol–water partition coefficient (Wildman–Crippen LogP) is 9.33. The zero-order valence-corrected chi connectivity index (χ0v) is 25.9. The summed E-state index contributed by atoms with van der Waals surface area (Å²) in [4.78, 5) is 38.6. The van der Waals surface area contributed by atoms with Crippen molar-refractivity contribution in [3.8, 4) is 0 Å². The normalized spacial score (nSPS) is 19.8. The molecule has 0 heterocycles. The van der Waals surface area contributed by atoms with Crippen LogP contribution < -0.4 is 5.32 Å². The zero-order chi connectivity index (χ0) is 32.4. The SMILES string of the molecule is O=C(Cc1ccc(F)c(CC(=O)C2(C(F)(F)F)CC2)c1F)c1cc(NC(=O)[C@H]2[C@H](c3ccc(Cl)c(Cl)c3)C2(Cl)Cl)ccc1Cl. The number of rotatable bonds is 9. The van der Waals surface area contributed by atoms with Gasteiger partial charge < -0.3 is 5.32 Å². The number of alkyl halides is 5. The summed E-state index contributed by atoms with van der Waals surface area (Å²) in [5.41, 5.74) is -3.21. The van der Waals surface area contributed by atoms with Gasteiger partial charge in [-0.2, -0.15) is 13.2 Å². The van der Waals surface area contributed by atoms with Crippen LogP contribution in [0, 0.1) is 23.0 Å². The summed E-state index contributed by atoms with van der Waals surface area (Å²) in [6, 6.07) is 10.5. The fourth-order valence-electron chi connectivity index (χ4n) is 5.20. The number of carbonyl (C=O) groups is 3. The van der Waals surface area contributed by atoms with Crippen LogP contribution in [0.15, 0.2) is 48.5 Å². The molecule has 3 aromatic rings. The molecule has 0 spiro atoms. The number of Topliss-reactive ketones (excluding diaryl/α,β-unsaturated/α-hetero) is 2. The number of carbonyl (C=O) groups excluding carboxylic acids is 3. The third-order valence-electron chi connectivity index (χ3n) is 7.95. The molecule has 0 unspecified atom stereocenters. The Morgan fingerprint density at radius 3 is 2.14 bits per heavy atom. The van der Waals surface area contributed by atoms with Crippen molar-refractivity contribution in [3.63, 3.8) is 0 Å². The Hall–Kier alpha value is -2.43. The van der Waals surface area contributed by atoms with E-state index in [9.17, 15) is 31.9 Å². The van der Waals surface area contributed by atoms with Crippen LogP contribution in [0.25, 0.3) is 0 Å². The maximum atomic E-state index is 15.3. The highest BCUT2D eigenvalue weighted by atomic mass is 35.5. The molecule has 14 heteroatoms. The smallest absolute Gasteiger partial charge is 0.326 e. The van der Waals surface area contributed by atoms with Gasteiger partial charge in [-0.25, -0.2) is 8.78 Å². The highest BCUT2D eigenvalue weighted by Gasteiger charge is 2.68. The van der Waals surface area contributed by atoms with E-state index in [1.54, 1.807) is 18.2 Å². The van der Waals surface area contributed by atoms with E-state index in [1.165, 1.54) is 18.2 Å². The van der Waals surface area contributed by atoms with E-state index < -0.39 is 88.1 Å². The van der Waals surface area contributed by atoms with Crippen LogP contribution in [-0.4, -0.2) is 28.0 Å². The van der Waals surface area contributed by atoms with Gasteiger partial charge in [-0.05, 0) is 60.4 Å². The molecule has 232 valence electrons. The first-order valence-electron chi connectivity index (χ1n) is 13.0. The fourth-order valence-corrected chi connectivity index (χ4v) is 6.56. The molecule has 1 N–H and O–H groups in total. The van der Waals surface area contributed by atoms with Gasteiger partial charge in [-0.1, -0.05) is 46.9 Å². The second kappa shape index (κ2) is 11.7. The molecule has 44 heavy (non-hydrogen) atoms. The quantitative estimate of drug-likeness (QED) is 0.137. The van der Waals surface area contributed by atoms with Gasteiger partial charge >= 0.3 is 6.18 Å². The predicted molar refractivity (Wildman–Crippen MR) is 158 cm³/mol. The molecule has 2 aliphatic carbocycles. The Morgan fingerprint density at radius 1 is 0.864 bits per heavy atom. The van der Waals surface area contributed by atoms with Crippen molar-refractivity contribution in [1.29, 1.82) is 0 Å². The van der Waals surface area contributed by atoms with Crippen LogP contribution in [0.2, 0.25) is 15.1 Å². The van der Waals surface area contributed by atoms with Crippen molar-refractivity contribution in [1.82, 2.24) is 0 Å². The number of benzene rings is 3. The first-order valence-corrected chi connectivity index (χ1v) is 14.9. The van der Waals surface area contributed by atoms with Crippen LogP contribution >= 0.6 is 58.0 Å². The van der Waals surface area contributed by atoms with Crippen molar-refractivity contribution >= 4 is 81.2 Å². The van der Waals surface area contributed by atoms with E-state index in [1.807, 2.05) is 0 Å². The molecule has 3 aromatic carbocycles. The number of halogens is 10. The lowest BCUT2D eigenvalue weighted by molar-refractivity contribution is -0.190. The van der Waals surface area contributed by atoms with E-state index in [-0.39, 0.29) is 26.9 Å². The molecule has 2 saturated carbocycles. The molecule has 2 fully saturated rings. The van der Waals surface area contributed by atoms with E-state index in [0.717, 1.165) is 12.1 Å². The molecule has 4 nitrogen and oxygen atoms in total. The van der Waals surface area contributed by atoms with Gasteiger partial charge in [0.25, 0.3) is 0 Å². The minimum Gasteiger partial charge on any atom is -0.326 e. The Balaban J connectivity index is 1.31. The first kappa shape index (κ1) is 32.9. The summed E-state index contributed by atoms with van der Waals surface area (Å²) >= 11 is 31.0. The summed E-state index contributed by atoms with van der Waals surface area (Å²) in [6.07, 6.45) is -7.51. The second-order valence-electron chi connectivity index (χ2n) is 10.8. The topological polar surface area (TPSA) is 63.2 Å². The number of anilines is 1. The van der Waals surface area contributed by atoms with Crippen LogP contribution in [0.3, 0.4) is 0 Å².